The molecule has 0 atom stereocenters. The van der Waals surface area contributed by atoms with Crippen molar-refractivity contribution >= 4 is 0 Å². The van der Waals surface area contributed by atoms with Gasteiger partial charge in [-0.3, -0.25) is 0 Å². The molecule has 0 saturated carbocycles. The van der Waals surface area contributed by atoms with Crippen LogP contribution in [0.25, 0.3) is 0 Å². The lowest BCUT2D eigenvalue weighted by atomic mass is 10.4. The summed E-state index contributed by atoms with van der Waals surface area (Å²) in [6, 6.07) is 0. The smallest absolute Gasteiger partial charge is 0.105 e. The molecule has 3 heteroatoms. The maximum atomic E-state index is 4.24. The molecule has 1 aromatic heterocycles. The van der Waals surface area contributed by atoms with Crippen LogP contribution in [-0.2, 0) is 13.6 Å². The average molecular weight is 167 g/mol. The molecule has 0 aliphatic rings. The highest BCUT2D eigenvalue weighted by Crippen LogP contribution is 2.03. The Hall–Kier alpha value is -0.830. The van der Waals surface area contributed by atoms with E-state index in [1.54, 1.807) is 0 Å². The second-order valence-electron chi connectivity index (χ2n) is 3.19. The molecule has 1 rings (SSSR count). The highest BCUT2D eigenvalue weighted by atomic mass is 15.1. The quantitative estimate of drug-likeness (QED) is 0.674. The summed E-state index contributed by atoms with van der Waals surface area (Å²) in [6.07, 6.45) is 1.95. The van der Waals surface area contributed by atoms with E-state index in [4.69, 9.17) is 0 Å². The first-order chi connectivity index (χ1) is 5.65. The maximum absolute atomic E-state index is 4.24. The first kappa shape index (κ1) is 9.26. The van der Waals surface area contributed by atoms with Crippen LogP contribution in [0.4, 0.5) is 0 Å². The molecule has 0 bridgehead atoms. The number of aromatic nitrogens is 2. The van der Waals surface area contributed by atoms with Gasteiger partial charge in [0.15, 0.2) is 0 Å². The Labute approximate surface area is 74.0 Å². The van der Waals surface area contributed by atoms with Gasteiger partial charge in [-0.05, 0) is 20.5 Å². The van der Waals surface area contributed by atoms with Crippen molar-refractivity contribution < 1.29 is 0 Å². The molecule has 0 N–H and O–H groups in total. The van der Waals surface area contributed by atoms with Gasteiger partial charge in [0.25, 0.3) is 0 Å². The molecule has 12 heavy (non-hydrogen) atoms. The van der Waals surface area contributed by atoms with Gasteiger partial charge in [0.1, 0.15) is 5.82 Å². The third-order valence-electron chi connectivity index (χ3n) is 2.29. The Bertz CT molecular complexity index is 252. The molecule has 0 fully saturated rings. The summed E-state index contributed by atoms with van der Waals surface area (Å²) in [5.41, 5.74) is 1.27. The Morgan fingerprint density at radius 3 is 2.67 bits per heavy atom. The van der Waals surface area contributed by atoms with E-state index in [0.717, 1.165) is 18.9 Å². The second-order valence-corrected chi connectivity index (χ2v) is 3.19. The Balaban J connectivity index is 2.69. The molecule has 1 aromatic rings. The molecule has 68 valence electrons. The molecular formula is C9H17N3. The fraction of sp³-hybridized carbons (Fsp3) is 0.667. The van der Waals surface area contributed by atoms with E-state index in [2.05, 4.69) is 35.5 Å². The number of nitrogens with zero attached hydrogens (tertiary/aromatic N) is 3. The van der Waals surface area contributed by atoms with Crippen LogP contribution in [0.1, 0.15) is 18.4 Å². The van der Waals surface area contributed by atoms with E-state index in [0.29, 0.717) is 0 Å². The summed E-state index contributed by atoms with van der Waals surface area (Å²) in [5, 5.41) is 0. The molecule has 3 nitrogen and oxygen atoms in total. The lowest BCUT2D eigenvalue weighted by Crippen LogP contribution is -2.18. The normalized spacial score (nSPS) is 11.1. The molecular weight excluding hydrogens is 150 g/mol. The molecule has 0 radical (unpaired) electrons. The summed E-state index contributed by atoms with van der Waals surface area (Å²) in [5.74, 6) is 1.08. The van der Waals surface area contributed by atoms with E-state index >= 15 is 0 Å². The molecule has 0 spiro atoms. The summed E-state index contributed by atoms with van der Waals surface area (Å²) in [6.45, 7) is 6.23. The van der Waals surface area contributed by atoms with Crippen LogP contribution in [0.15, 0.2) is 6.20 Å². The van der Waals surface area contributed by atoms with Crippen molar-refractivity contribution in [1.29, 1.82) is 0 Å². The van der Waals surface area contributed by atoms with E-state index < -0.39 is 0 Å². The molecule has 0 aliphatic carbocycles. The average Bonchev–Trinajstić information content (AvgIpc) is 2.36. The molecule has 0 unspecified atom stereocenters. The lowest BCUT2D eigenvalue weighted by Gasteiger charge is -2.13. The topological polar surface area (TPSA) is 21.1 Å². The zero-order chi connectivity index (χ0) is 9.14. The van der Waals surface area contributed by atoms with Gasteiger partial charge in [-0.15, -0.1) is 0 Å². The number of hydrogen-bond acceptors (Lipinski definition) is 2. The fourth-order valence-corrected chi connectivity index (χ4v) is 1.08. The van der Waals surface area contributed by atoms with Crippen LogP contribution >= 0.6 is 0 Å². The van der Waals surface area contributed by atoms with Crippen molar-refractivity contribution in [3.05, 3.63) is 17.7 Å². The zero-order valence-corrected chi connectivity index (χ0v) is 8.33. The Kier molecular flexibility index (Phi) is 2.87. The van der Waals surface area contributed by atoms with Crippen LogP contribution in [0, 0.1) is 6.92 Å². The number of aryl methyl sites for hydroxylation is 1. The van der Waals surface area contributed by atoms with Crippen LogP contribution in [0.5, 0.6) is 0 Å². The second kappa shape index (κ2) is 3.72. The van der Waals surface area contributed by atoms with Crippen LogP contribution in [-0.4, -0.2) is 28.0 Å². The van der Waals surface area contributed by atoms with Gasteiger partial charge < -0.3 is 9.47 Å². The minimum absolute atomic E-state index is 0.980. The third kappa shape index (κ3) is 1.85. The van der Waals surface area contributed by atoms with Crippen molar-refractivity contribution in [3.63, 3.8) is 0 Å². The molecule has 0 saturated heterocycles. The third-order valence-corrected chi connectivity index (χ3v) is 2.29. The molecule has 0 amide bonds. The minimum Gasteiger partial charge on any atom is -0.334 e. The van der Waals surface area contributed by atoms with E-state index in [-0.39, 0.29) is 0 Å². The fourth-order valence-electron chi connectivity index (χ4n) is 1.08. The summed E-state index contributed by atoms with van der Waals surface area (Å²) in [7, 11) is 4.17. The van der Waals surface area contributed by atoms with Gasteiger partial charge in [-0.25, -0.2) is 4.98 Å². The van der Waals surface area contributed by atoms with Gasteiger partial charge in [0, 0.05) is 19.8 Å². The number of rotatable bonds is 3. The maximum Gasteiger partial charge on any atom is 0.105 e. The number of imidazole rings is 1. The first-order valence-electron chi connectivity index (χ1n) is 4.31. The van der Waals surface area contributed by atoms with Gasteiger partial charge in [0.05, 0.1) is 5.69 Å². The van der Waals surface area contributed by atoms with Gasteiger partial charge in [-0.2, -0.15) is 0 Å². The van der Waals surface area contributed by atoms with Crippen LogP contribution in [0.3, 0.4) is 0 Å². The van der Waals surface area contributed by atoms with Gasteiger partial charge in [0.2, 0.25) is 0 Å². The predicted molar refractivity (Wildman–Crippen MR) is 50.0 cm³/mol. The van der Waals surface area contributed by atoms with Crippen molar-refractivity contribution in [2.75, 3.05) is 13.6 Å². The highest BCUT2D eigenvalue weighted by molar-refractivity contribution is 5.03. The first-order valence-corrected chi connectivity index (χ1v) is 4.31. The van der Waals surface area contributed by atoms with E-state index in [1.807, 2.05) is 13.1 Å². The van der Waals surface area contributed by atoms with Crippen molar-refractivity contribution in [2.45, 2.75) is 20.4 Å². The highest BCUT2D eigenvalue weighted by Gasteiger charge is 2.03. The standard InChI is InChI=1S/C9H17N3/c1-5-11(3)7-9-6-10-8(2)12(9)4/h6H,5,7H2,1-4H3. The van der Waals surface area contributed by atoms with Crippen LogP contribution < -0.4 is 0 Å². The van der Waals surface area contributed by atoms with Crippen LogP contribution in [0.2, 0.25) is 0 Å². The monoisotopic (exact) mass is 167 g/mol. The van der Waals surface area contributed by atoms with Gasteiger partial charge >= 0.3 is 0 Å². The summed E-state index contributed by atoms with van der Waals surface area (Å²) < 4.78 is 2.13. The summed E-state index contributed by atoms with van der Waals surface area (Å²) in [4.78, 5) is 6.50. The molecule has 0 aliphatic heterocycles. The lowest BCUT2D eigenvalue weighted by molar-refractivity contribution is 0.337. The number of hydrogen-bond donors (Lipinski definition) is 0. The summed E-state index contributed by atoms with van der Waals surface area (Å²) >= 11 is 0. The van der Waals surface area contributed by atoms with Crippen molar-refractivity contribution in [2.24, 2.45) is 7.05 Å². The van der Waals surface area contributed by atoms with E-state index in [9.17, 15) is 0 Å². The SMILES string of the molecule is CCN(C)Cc1cnc(C)n1C. The molecule has 0 aromatic carbocycles. The predicted octanol–water partition coefficient (Wildman–Crippen LogP) is 1.18. The van der Waals surface area contributed by atoms with Crippen molar-refractivity contribution in [3.8, 4) is 0 Å². The largest absolute Gasteiger partial charge is 0.334 e. The minimum atomic E-state index is 0.980. The van der Waals surface area contributed by atoms with Gasteiger partial charge in [-0.1, -0.05) is 6.92 Å². The van der Waals surface area contributed by atoms with Crippen molar-refractivity contribution in [1.82, 2.24) is 14.5 Å². The zero-order valence-electron chi connectivity index (χ0n) is 8.33. The Morgan fingerprint density at radius 1 is 1.58 bits per heavy atom. The Morgan fingerprint density at radius 2 is 2.25 bits per heavy atom. The van der Waals surface area contributed by atoms with E-state index in [1.165, 1.54) is 5.69 Å². The molecule has 1 heterocycles.